The van der Waals surface area contributed by atoms with E-state index in [1.165, 1.54) is 12.1 Å². The van der Waals surface area contributed by atoms with Gasteiger partial charge >= 0.3 is 0 Å². The van der Waals surface area contributed by atoms with E-state index in [9.17, 15) is 14.0 Å². The Bertz CT molecular complexity index is 774. The number of aryl methyl sites for hydroxylation is 1. The van der Waals surface area contributed by atoms with Gasteiger partial charge in [0.2, 0.25) is 5.91 Å². The Kier molecular flexibility index (Phi) is 6.52. The third-order valence-electron chi connectivity index (χ3n) is 4.96. The van der Waals surface area contributed by atoms with Crippen LogP contribution >= 0.6 is 0 Å². The highest BCUT2D eigenvalue weighted by atomic mass is 19.1. The van der Waals surface area contributed by atoms with Crippen LogP contribution in [0.4, 0.5) is 4.39 Å². The van der Waals surface area contributed by atoms with Crippen molar-refractivity contribution in [2.45, 2.75) is 25.7 Å². The SMILES string of the molecule is O=C(NCC1CCN(C(=O)CCc2cccc(F)c2)CC1)c1cccnc1. The molecular formula is C21H24FN3O2. The lowest BCUT2D eigenvalue weighted by atomic mass is 9.96. The molecule has 0 unspecified atom stereocenters. The van der Waals surface area contributed by atoms with Crippen molar-refractivity contribution < 1.29 is 14.0 Å². The first-order valence-corrected chi connectivity index (χ1v) is 9.32. The van der Waals surface area contributed by atoms with Crippen LogP contribution in [0.2, 0.25) is 0 Å². The Labute approximate surface area is 158 Å². The average molecular weight is 369 g/mol. The van der Waals surface area contributed by atoms with Crippen LogP contribution in [0.3, 0.4) is 0 Å². The van der Waals surface area contributed by atoms with Crippen molar-refractivity contribution in [3.8, 4) is 0 Å². The van der Waals surface area contributed by atoms with Gasteiger partial charge in [-0.15, -0.1) is 0 Å². The number of nitrogens with zero attached hydrogens (tertiary/aromatic N) is 2. The van der Waals surface area contributed by atoms with Crippen LogP contribution in [0.1, 0.15) is 35.2 Å². The van der Waals surface area contributed by atoms with Crippen LogP contribution in [0.15, 0.2) is 48.8 Å². The fourth-order valence-corrected chi connectivity index (χ4v) is 3.32. The highest BCUT2D eigenvalue weighted by molar-refractivity contribution is 5.93. The lowest BCUT2D eigenvalue weighted by Gasteiger charge is -2.32. The van der Waals surface area contributed by atoms with Crippen molar-refractivity contribution in [1.29, 1.82) is 0 Å². The van der Waals surface area contributed by atoms with Gasteiger partial charge in [0.1, 0.15) is 5.82 Å². The van der Waals surface area contributed by atoms with Gasteiger partial charge in [-0.05, 0) is 55.0 Å². The van der Waals surface area contributed by atoms with Crippen LogP contribution in [-0.2, 0) is 11.2 Å². The summed E-state index contributed by atoms with van der Waals surface area (Å²) in [6.07, 6.45) is 5.88. The summed E-state index contributed by atoms with van der Waals surface area (Å²) in [7, 11) is 0. The molecule has 1 aromatic heterocycles. The molecule has 1 aliphatic heterocycles. The maximum atomic E-state index is 13.2. The van der Waals surface area contributed by atoms with Crippen molar-refractivity contribution in [1.82, 2.24) is 15.2 Å². The number of pyridine rings is 1. The summed E-state index contributed by atoms with van der Waals surface area (Å²) in [5.74, 6) is 0.0980. The van der Waals surface area contributed by atoms with Crippen molar-refractivity contribution >= 4 is 11.8 Å². The predicted octanol–water partition coefficient (Wildman–Crippen LogP) is 2.82. The third kappa shape index (κ3) is 5.61. The maximum absolute atomic E-state index is 13.2. The monoisotopic (exact) mass is 369 g/mol. The Hall–Kier alpha value is -2.76. The highest BCUT2D eigenvalue weighted by Gasteiger charge is 2.23. The normalized spacial score (nSPS) is 14.8. The molecule has 1 N–H and O–H groups in total. The second kappa shape index (κ2) is 9.26. The van der Waals surface area contributed by atoms with Crippen LogP contribution in [0, 0.1) is 11.7 Å². The number of carbonyl (C=O) groups is 2. The molecule has 0 atom stereocenters. The molecule has 0 saturated carbocycles. The molecule has 0 bridgehead atoms. The standard InChI is InChI=1S/C21H24FN3O2/c22-19-5-1-3-16(13-19)6-7-20(26)25-11-8-17(9-12-25)14-24-21(27)18-4-2-10-23-15-18/h1-5,10,13,15,17H,6-9,11-12,14H2,(H,24,27). The fourth-order valence-electron chi connectivity index (χ4n) is 3.32. The first-order chi connectivity index (χ1) is 13.1. The zero-order chi connectivity index (χ0) is 19.1. The number of rotatable bonds is 6. The van der Waals surface area contributed by atoms with Crippen molar-refractivity contribution in [2.75, 3.05) is 19.6 Å². The third-order valence-corrected chi connectivity index (χ3v) is 4.96. The zero-order valence-corrected chi connectivity index (χ0v) is 15.2. The summed E-state index contributed by atoms with van der Waals surface area (Å²) >= 11 is 0. The molecule has 2 aromatic rings. The van der Waals surface area contributed by atoms with E-state index in [-0.39, 0.29) is 17.6 Å². The number of aromatic nitrogens is 1. The number of halogens is 1. The second-order valence-electron chi connectivity index (χ2n) is 6.91. The number of likely N-dealkylation sites (tertiary alicyclic amines) is 1. The van der Waals surface area contributed by atoms with E-state index in [2.05, 4.69) is 10.3 Å². The fraction of sp³-hybridized carbons (Fsp3) is 0.381. The van der Waals surface area contributed by atoms with E-state index < -0.39 is 0 Å². The topological polar surface area (TPSA) is 62.3 Å². The Morgan fingerprint density at radius 3 is 2.70 bits per heavy atom. The predicted molar refractivity (Wildman–Crippen MR) is 101 cm³/mol. The molecule has 0 radical (unpaired) electrons. The molecule has 5 nitrogen and oxygen atoms in total. The van der Waals surface area contributed by atoms with Gasteiger partial charge in [-0.2, -0.15) is 0 Å². The Morgan fingerprint density at radius 1 is 1.19 bits per heavy atom. The molecule has 0 aliphatic carbocycles. The van der Waals surface area contributed by atoms with E-state index in [4.69, 9.17) is 0 Å². The van der Waals surface area contributed by atoms with Crippen LogP contribution < -0.4 is 5.32 Å². The first-order valence-electron chi connectivity index (χ1n) is 9.32. The number of carbonyl (C=O) groups excluding carboxylic acids is 2. The van der Waals surface area contributed by atoms with E-state index >= 15 is 0 Å². The first kappa shape index (κ1) is 19.0. The molecule has 1 aliphatic rings. The minimum absolute atomic E-state index is 0.108. The number of hydrogen-bond donors (Lipinski definition) is 1. The molecule has 142 valence electrons. The van der Waals surface area contributed by atoms with Gasteiger partial charge in [0, 0.05) is 38.4 Å². The summed E-state index contributed by atoms with van der Waals surface area (Å²) in [6.45, 7) is 2.02. The summed E-state index contributed by atoms with van der Waals surface area (Å²) < 4.78 is 13.2. The number of nitrogens with one attached hydrogen (secondary N) is 1. The zero-order valence-electron chi connectivity index (χ0n) is 15.2. The number of hydrogen-bond acceptors (Lipinski definition) is 3. The van der Waals surface area contributed by atoms with Crippen LogP contribution in [0.5, 0.6) is 0 Å². The summed E-state index contributed by atoms with van der Waals surface area (Å²) in [6, 6.07) is 9.87. The average Bonchev–Trinajstić information content (AvgIpc) is 2.71. The Morgan fingerprint density at radius 2 is 2.00 bits per heavy atom. The summed E-state index contributed by atoms with van der Waals surface area (Å²) in [4.78, 5) is 30.3. The van der Waals surface area contributed by atoms with E-state index in [1.807, 2.05) is 11.0 Å². The molecule has 3 rings (SSSR count). The van der Waals surface area contributed by atoms with Crippen LogP contribution in [0.25, 0.3) is 0 Å². The Balaban J connectivity index is 1.38. The maximum Gasteiger partial charge on any atom is 0.252 e. The second-order valence-corrected chi connectivity index (χ2v) is 6.91. The van der Waals surface area contributed by atoms with Gasteiger partial charge < -0.3 is 10.2 Å². The van der Waals surface area contributed by atoms with E-state index in [1.54, 1.807) is 30.6 Å². The molecule has 1 aromatic carbocycles. The lowest BCUT2D eigenvalue weighted by Crippen LogP contribution is -2.41. The van der Waals surface area contributed by atoms with Crippen molar-refractivity contribution in [2.24, 2.45) is 5.92 Å². The largest absolute Gasteiger partial charge is 0.352 e. The minimum Gasteiger partial charge on any atom is -0.352 e. The van der Waals surface area contributed by atoms with E-state index in [0.717, 1.165) is 18.4 Å². The number of amides is 2. The summed E-state index contributed by atoms with van der Waals surface area (Å²) in [5, 5.41) is 2.95. The summed E-state index contributed by atoms with van der Waals surface area (Å²) in [5.41, 5.74) is 1.40. The molecule has 0 spiro atoms. The molecule has 2 heterocycles. The van der Waals surface area contributed by atoms with Gasteiger partial charge in [0.05, 0.1) is 5.56 Å². The highest BCUT2D eigenvalue weighted by Crippen LogP contribution is 2.18. The van der Waals surface area contributed by atoms with Crippen molar-refractivity contribution in [3.05, 3.63) is 65.7 Å². The van der Waals surface area contributed by atoms with E-state index in [0.29, 0.717) is 44.0 Å². The molecule has 2 amide bonds. The van der Waals surface area contributed by atoms with Gasteiger partial charge in [-0.1, -0.05) is 12.1 Å². The van der Waals surface area contributed by atoms with Crippen LogP contribution in [-0.4, -0.2) is 41.3 Å². The quantitative estimate of drug-likeness (QED) is 0.852. The minimum atomic E-state index is -0.269. The lowest BCUT2D eigenvalue weighted by molar-refractivity contribution is -0.132. The van der Waals surface area contributed by atoms with Gasteiger partial charge in [0.15, 0.2) is 0 Å². The molecular weight excluding hydrogens is 345 g/mol. The van der Waals surface area contributed by atoms with Gasteiger partial charge in [-0.25, -0.2) is 4.39 Å². The molecule has 6 heteroatoms. The number of benzene rings is 1. The van der Waals surface area contributed by atoms with Crippen molar-refractivity contribution in [3.63, 3.8) is 0 Å². The molecule has 27 heavy (non-hydrogen) atoms. The smallest absolute Gasteiger partial charge is 0.252 e. The molecule has 1 saturated heterocycles. The van der Waals surface area contributed by atoms with Gasteiger partial charge in [-0.3, -0.25) is 14.6 Å². The van der Waals surface area contributed by atoms with Gasteiger partial charge in [0.25, 0.3) is 5.91 Å². The molecule has 1 fully saturated rings. The number of piperidine rings is 1.